The number of nitrogens with zero attached hydrogens (tertiary/aromatic N) is 1. The predicted molar refractivity (Wildman–Crippen MR) is 159 cm³/mol. The number of halogens is 1. The Kier molecular flexibility index (Phi) is 5.84. The third-order valence-electron chi connectivity index (χ3n) is 8.61. The van der Waals surface area contributed by atoms with Crippen molar-refractivity contribution in [3.05, 3.63) is 130 Å². The van der Waals surface area contributed by atoms with Crippen LogP contribution in [0.15, 0.2) is 103 Å². The number of methoxy groups -OCH3 is 1. The number of Topliss-reactive ketones (excluding diaryl/α,β-unsaturated/α-hetero) is 2. The summed E-state index contributed by atoms with van der Waals surface area (Å²) < 4.78 is 5.32. The first-order valence-electron chi connectivity index (χ1n) is 13.4. The average molecular weight is 561 g/mol. The average Bonchev–Trinajstić information content (AvgIpc) is 3.49. The van der Waals surface area contributed by atoms with Crippen LogP contribution in [0.5, 0.6) is 5.75 Å². The molecule has 0 aromatic heterocycles. The number of hydrogen-bond donors (Lipinski definition) is 1. The molecule has 6 nitrogen and oxygen atoms in total. The van der Waals surface area contributed by atoms with Gasteiger partial charge in [0, 0.05) is 22.5 Å². The second-order valence-corrected chi connectivity index (χ2v) is 10.9. The minimum atomic E-state index is -1.38. The number of benzene rings is 4. The molecular weight excluding hydrogens is 536 g/mol. The van der Waals surface area contributed by atoms with Crippen molar-refractivity contribution in [3.8, 4) is 5.75 Å². The van der Waals surface area contributed by atoms with E-state index in [0.29, 0.717) is 33.1 Å². The van der Waals surface area contributed by atoms with E-state index in [9.17, 15) is 14.4 Å². The summed E-state index contributed by atoms with van der Waals surface area (Å²) in [6.45, 7) is 0. The van der Waals surface area contributed by atoms with Gasteiger partial charge in [0.1, 0.15) is 17.2 Å². The minimum Gasteiger partial charge on any atom is -0.497 e. The smallest absolute Gasteiger partial charge is 0.238 e. The van der Waals surface area contributed by atoms with Gasteiger partial charge in [-0.15, -0.1) is 0 Å². The predicted octanol–water partition coefficient (Wildman–Crippen LogP) is 6.20. The van der Waals surface area contributed by atoms with Crippen molar-refractivity contribution < 1.29 is 19.1 Å². The van der Waals surface area contributed by atoms with Crippen molar-refractivity contribution >= 4 is 46.5 Å². The van der Waals surface area contributed by atoms with Gasteiger partial charge in [0.15, 0.2) is 11.6 Å². The molecule has 1 amide bonds. The lowest BCUT2D eigenvalue weighted by molar-refractivity contribution is -0.121. The first-order chi connectivity index (χ1) is 20.0. The molecule has 0 saturated carbocycles. The van der Waals surface area contributed by atoms with Crippen LogP contribution in [0.4, 0.5) is 11.4 Å². The van der Waals surface area contributed by atoms with Gasteiger partial charge < -0.3 is 15.0 Å². The standard InChI is InChI=1S/C34H25ClN2O4/c1-41-22-17-14-21(15-18-22)31(38)29-30(32(39)23-9-3-5-11-25(23)35)37-27-13-7-2-8-20(27)16-19-28(37)34(29)24-10-4-6-12-26(24)36-33(34)40/h2-19,28-30H,1H3,(H,36,40)/t28-,29+,30+,34+/m1/s1. The number of carbonyl (C=O) groups is 3. The molecule has 0 unspecified atom stereocenters. The van der Waals surface area contributed by atoms with Crippen molar-refractivity contribution in [1.29, 1.82) is 0 Å². The Morgan fingerprint density at radius 1 is 0.878 bits per heavy atom. The number of anilines is 2. The normalized spacial score (nSPS) is 23.5. The Hall–Kier alpha value is -4.68. The van der Waals surface area contributed by atoms with Gasteiger partial charge in [-0.25, -0.2) is 0 Å². The van der Waals surface area contributed by atoms with Gasteiger partial charge in [0.05, 0.1) is 24.1 Å². The van der Waals surface area contributed by atoms with Crippen molar-refractivity contribution in [3.63, 3.8) is 0 Å². The number of amides is 1. The van der Waals surface area contributed by atoms with E-state index in [1.54, 1.807) is 55.6 Å². The van der Waals surface area contributed by atoms with Crippen molar-refractivity contribution in [2.24, 2.45) is 5.92 Å². The first-order valence-corrected chi connectivity index (χ1v) is 13.8. The largest absolute Gasteiger partial charge is 0.497 e. The molecule has 4 atom stereocenters. The summed E-state index contributed by atoms with van der Waals surface area (Å²) in [5.41, 5.74) is 2.35. The van der Waals surface area contributed by atoms with Crippen LogP contribution >= 0.6 is 11.6 Å². The van der Waals surface area contributed by atoms with Crippen LogP contribution in [-0.4, -0.2) is 36.7 Å². The topological polar surface area (TPSA) is 75.7 Å². The quantitative estimate of drug-likeness (QED) is 0.294. The van der Waals surface area contributed by atoms with Gasteiger partial charge in [0.2, 0.25) is 5.91 Å². The van der Waals surface area contributed by atoms with Gasteiger partial charge in [-0.2, -0.15) is 0 Å². The molecule has 3 aliphatic rings. The summed E-state index contributed by atoms with van der Waals surface area (Å²) in [5.74, 6) is -1.38. The molecule has 1 N–H and O–H groups in total. The van der Waals surface area contributed by atoms with Gasteiger partial charge in [-0.05, 0) is 59.7 Å². The van der Waals surface area contributed by atoms with Crippen LogP contribution in [0.1, 0.15) is 31.8 Å². The van der Waals surface area contributed by atoms with Gasteiger partial charge in [-0.3, -0.25) is 14.4 Å². The Morgan fingerprint density at radius 2 is 1.59 bits per heavy atom. The summed E-state index contributed by atoms with van der Waals surface area (Å²) in [7, 11) is 1.56. The Labute approximate surface area is 242 Å². The number of fused-ring (bicyclic) bond motifs is 6. The number of ketones is 2. The SMILES string of the molecule is COc1ccc(C(=O)[C@@H]2[C@@H](C(=O)c3ccccc3Cl)N3c4ccccc4C=C[C@@H]3[C@]23C(=O)Nc2ccccc23)cc1. The molecule has 7 rings (SSSR count). The zero-order valence-electron chi connectivity index (χ0n) is 22.1. The highest BCUT2D eigenvalue weighted by Crippen LogP contribution is 2.58. The van der Waals surface area contributed by atoms with Gasteiger partial charge in [-0.1, -0.05) is 72.3 Å². The Bertz CT molecular complexity index is 1760. The zero-order valence-corrected chi connectivity index (χ0v) is 22.8. The van der Waals surface area contributed by atoms with Gasteiger partial charge in [0.25, 0.3) is 0 Å². The molecule has 4 aromatic carbocycles. The molecule has 1 fully saturated rings. The molecule has 0 aliphatic carbocycles. The van der Waals surface area contributed by atoms with E-state index in [1.165, 1.54) is 0 Å². The summed E-state index contributed by atoms with van der Waals surface area (Å²) in [4.78, 5) is 45.8. The molecule has 7 heteroatoms. The lowest BCUT2D eigenvalue weighted by Gasteiger charge is -2.37. The van der Waals surface area contributed by atoms with E-state index in [4.69, 9.17) is 16.3 Å². The molecule has 0 radical (unpaired) electrons. The highest BCUT2D eigenvalue weighted by Gasteiger charge is 2.70. The van der Waals surface area contributed by atoms with Gasteiger partial charge >= 0.3 is 0 Å². The van der Waals surface area contributed by atoms with E-state index in [2.05, 4.69) is 5.32 Å². The Balaban J connectivity index is 1.53. The monoisotopic (exact) mass is 560 g/mol. The van der Waals surface area contributed by atoms with Crippen molar-refractivity contribution in [2.45, 2.75) is 17.5 Å². The maximum atomic E-state index is 14.8. The van der Waals surface area contributed by atoms with Crippen LogP contribution in [-0.2, 0) is 10.2 Å². The summed E-state index contributed by atoms with van der Waals surface area (Å²) in [5, 5.41) is 3.34. The maximum Gasteiger partial charge on any atom is 0.238 e. The third kappa shape index (κ3) is 3.54. The van der Waals surface area contributed by atoms with E-state index < -0.39 is 23.4 Å². The number of hydrogen-bond acceptors (Lipinski definition) is 5. The van der Waals surface area contributed by atoms with Crippen molar-refractivity contribution in [2.75, 3.05) is 17.3 Å². The van der Waals surface area contributed by atoms with E-state index in [1.807, 2.05) is 65.6 Å². The molecular formula is C34H25ClN2O4. The number of carbonyl (C=O) groups excluding carboxylic acids is 3. The zero-order chi connectivity index (χ0) is 28.3. The highest BCUT2D eigenvalue weighted by molar-refractivity contribution is 6.34. The van der Waals surface area contributed by atoms with Crippen LogP contribution in [0.25, 0.3) is 6.08 Å². The lowest BCUT2D eigenvalue weighted by Crippen LogP contribution is -2.51. The fourth-order valence-electron chi connectivity index (χ4n) is 6.87. The fourth-order valence-corrected chi connectivity index (χ4v) is 7.10. The maximum absolute atomic E-state index is 14.8. The van der Waals surface area contributed by atoms with Crippen molar-refractivity contribution in [1.82, 2.24) is 0 Å². The highest BCUT2D eigenvalue weighted by atomic mass is 35.5. The molecule has 0 bridgehead atoms. The molecule has 4 aromatic rings. The lowest BCUT2D eigenvalue weighted by atomic mass is 9.64. The summed E-state index contributed by atoms with van der Waals surface area (Å²) in [6.07, 6.45) is 3.93. The minimum absolute atomic E-state index is 0.294. The van der Waals surface area contributed by atoms with E-state index >= 15 is 0 Å². The summed E-state index contributed by atoms with van der Waals surface area (Å²) >= 11 is 6.58. The second kappa shape index (κ2) is 9.46. The van der Waals surface area contributed by atoms with E-state index in [0.717, 1.165) is 11.3 Å². The summed E-state index contributed by atoms with van der Waals surface area (Å²) in [6, 6.07) is 27.2. The molecule has 3 aliphatic heterocycles. The second-order valence-electron chi connectivity index (χ2n) is 10.5. The molecule has 41 heavy (non-hydrogen) atoms. The van der Waals surface area contributed by atoms with Crippen LogP contribution < -0.4 is 15.0 Å². The number of rotatable bonds is 5. The Morgan fingerprint density at radius 3 is 2.37 bits per heavy atom. The van der Waals surface area contributed by atoms with E-state index in [-0.39, 0.29) is 17.5 Å². The van der Waals surface area contributed by atoms with Crippen LogP contribution in [0, 0.1) is 5.92 Å². The fraction of sp³-hybridized carbons (Fsp3) is 0.147. The number of nitrogens with one attached hydrogen (secondary N) is 1. The molecule has 202 valence electrons. The first kappa shape index (κ1) is 25.3. The molecule has 1 saturated heterocycles. The van der Waals surface area contributed by atoms with Crippen LogP contribution in [0.3, 0.4) is 0 Å². The number of ether oxygens (including phenoxy) is 1. The third-order valence-corrected chi connectivity index (χ3v) is 8.94. The molecule has 3 heterocycles. The molecule has 1 spiro atoms. The van der Waals surface area contributed by atoms with Crippen LogP contribution in [0.2, 0.25) is 5.02 Å². The number of para-hydroxylation sites is 2.